The van der Waals surface area contributed by atoms with Crippen molar-refractivity contribution in [2.75, 3.05) is 14.2 Å². The summed E-state index contributed by atoms with van der Waals surface area (Å²) in [6.07, 6.45) is -3.45. The number of benzene rings is 2. The van der Waals surface area contributed by atoms with Gasteiger partial charge in [-0.25, -0.2) is 4.99 Å². The third-order valence-corrected chi connectivity index (χ3v) is 5.10. The zero-order valence-electron chi connectivity index (χ0n) is 16.9. The molecule has 0 aliphatic heterocycles. The van der Waals surface area contributed by atoms with Crippen molar-refractivity contribution in [3.05, 3.63) is 58.1 Å². The molecule has 0 radical (unpaired) electrons. The van der Waals surface area contributed by atoms with Crippen molar-refractivity contribution in [3.63, 3.8) is 0 Å². The summed E-state index contributed by atoms with van der Waals surface area (Å²) in [7, 11) is 3.08. The second-order valence-electron chi connectivity index (χ2n) is 7.03. The third-order valence-electron chi connectivity index (χ3n) is 4.78. The minimum absolute atomic E-state index is 0.144. The first kappa shape index (κ1) is 23.0. The van der Waals surface area contributed by atoms with Gasteiger partial charge in [-0.2, -0.15) is 13.2 Å². The molecule has 2 aromatic carbocycles. The summed E-state index contributed by atoms with van der Waals surface area (Å²) >= 11 is 6.02. The van der Waals surface area contributed by atoms with Gasteiger partial charge in [0.25, 0.3) is 0 Å². The Morgan fingerprint density at radius 3 is 2.31 bits per heavy atom. The second-order valence-corrected chi connectivity index (χ2v) is 7.44. The first-order chi connectivity index (χ1) is 13.4. The summed E-state index contributed by atoms with van der Waals surface area (Å²) < 4.78 is 47.6. The van der Waals surface area contributed by atoms with Crippen LogP contribution in [0.2, 0.25) is 5.02 Å². The van der Waals surface area contributed by atoms with Gasteiger partial charge in [0.15, 0.2) is 0 Å². The van der Waals surface area contributed by atoms with E-state index in [0.29, 0.717) is 11.3 Å². The Labute approximate surface area is 173 Å². The van der Waals surface area contributed by atoms with Crippen LogP contribution in [0.25, 0.3) is 0 Å². The molecule has 0 spiro atoms. The Kier molecular flexibility index (Phi) is 6.86. The lowest BCUT2D eigenvalue weighted by Crippen LogP contribution is -2.44. The van der Waals surface area contributed by atoms with Gasteiger partial charge in [-0.05, 0) is 38.5 Å². The van der Waals surface area contributed by atoms with Gasteiger partial charge in [-0.3, -0.25) is 0 Å². The smallest absolute Gasteiger partial charge is 0.425 e. The summed E-state index contributed by atoms with van der Waals surface area (Å²) in [6, 6.07) is 8.14. The van der Waals surface area contributed by atoms with E-state index in [-0.39, 0.29) is 16.8 Å². The molecule has 4 nitrogen and oxygen atoms in total. The van der Waals surface area contributed by atoms with Gasteiger partial charge in [0.1, 0.15) is 5.75 Å². The molecule has 0 aliphatic carbocycles. The zero-order valence-corrected chi connectivity index (χ0v) is 17.6. The fraction of sp³-hybridized carbons (Fsp3) is 0.381. The average molecular weight is 429 g/mol. The quantitative estimate of drug-likeness (QED) is 0.491. The van der Waals surface area contributed by atoms with Crippen molar-refractivity contribution in [1.29, 1.82) is 0 Å². The Morgan fingerprint density at radius 2 is 1.79 bits per heavy atom. The van der Waals surface area contributed by atoms with Crippen molar-refractivity contribution in [2.24, 2.45) is 4.99 Å². The number of aryl methyl sites for hydroxylation is 1. The molecule has 0 aromatic heterocycles. The molecule has 0 saturated heterocycles. The van der Waals surface area contributed by atoms with Crippen LogP contribution in [0.3, 0.4) is 0 Å². The van der Waals surface area contributed by atoms with Crippen molar-refractivity contribution in [3.8, 4) is 5.75 Å². The van der Waals surface area contributed by atoms with Crippen molar-refractivity contribution in [1.82, 2.24) is 4.90 Å². The Morgan fingerprint density at radius 1 is 1.17 bits per heavy atom. The van der Waals surface area contributed by atoms with E-state index in [2.05, 4.69) is 4.99 Å². The predicted molar refractivity (Wildman–Crippen MR) is 109 cm³/mol. The molecule has 29 heavy (non-hydrogen) atoms. The van der Waals surface area contributed by atoms with Crippen LogP contribution >= 0.6 is 11.6 Å². The number of aliphatic imine (C=N–C) groups is 1. The van der Waals surface area contributed by atoms with Crippen LogP contribution < -0.4 is 4.74 Å². The summed E-state index contributed by atoms with van der Waals surface area (Å²) in [6.45, 7) is 5.58. The summed E-state index contributed by atoms with van der Waals surface area (Å²) in [5.74, 6) is -0.144. The number of methoxy groups -OCH3 is 1. The lowest BCUT2D eigenvalue weighted by molar-refractivity contribution is -0.248. The molecule has 0 bridgehead atoms. The van der Waals surface area contributed by atoms with E-state index in [1.54, 1.807) is 13.3 Å². The molecule has 2 rings (SSSR count). The minimum atomic E-state index is -5.04. The minimum Gasteiger partial charge on any atom is -0.496 e. The van der Waals surface area contributed by atoms with E-state index in [1.807, 2.05) is 25.8 Å². The fourth-order valence-electron chi connectivity index (χ4n) is 2.76. The summed E-state index contributed by atoms with van der Waals surface area (Å²) in [4.78, 5) is 6.20. The number of nitrogens with zero attached hydrogens (tertiary/aromatic N) is 2. The molecule has 0 aliphatic rings. The van der Waals surface area contributed by atoms with Gasteiger partial charge < -0.3 is 14.7 Å². The van der Waals surface area contributed by atoms with Gasteiger partial charge in [0.05, 0.1) is 19.1 Å². The van der Waals surface area contributed by atoms with Crippen LogP contribution in [0.5, 0.6) is 5.75 Å². The van der Waals surface area contributed by atoms with E-state index >= 15 is 0 Å². The van der Waals surface area contributed by atoms with Gasteiger partial charge in [-0.15, -0.1) is 0 Å². The largest absolute Gasteiger partial charge is 0.496 e. The van der Waals surface area contributed by atoms with E-state index in [1.165, 1.54) is 37.4 Å². The first-order valence-corrected chi connectivity index (χ1v) is 9.30. The van der Waals surface area contributed by atoms with Crippen LogP contribution in [-0.2, 0) is 5.60 Å². The molecule has 0 heterocycles. The van der Waals surface area contributed by atoms with Gasteiger partial charge in [0.2, 0.25) is 5.60 Å². The van der Waals surface area contributed by atoms with Gasteiger partial charge in [-0.1, -0.05) is 29.8 Å². The van der Waals surface area contributed by atoms with Crippen LogP contribution in [0.4, 0.5) is 18.9 Å². The number of hydrogen-bond acceptors (Lipinski definition) is 3. The van der Waals surface area contributed by atoms with Gasteiger partial charge in [0, 0.05) is 35.3 Å². The number of rotatable bonds is 6. The van der Waals surface area contributed by atoms with E-state index in [0.717, 1.165) is 6.07 Å². The zero-order chi connectivity index (χ0) is 22.0. The predicted octanol–water partition coefficient (Wildman–Crippen LogP) is 5.46. The molecule has 1 unspecified atom stereocenters. The number of alkyl halides is 3. The number of hydrogen-bond donors (Lipinski definition) is 1. The highest BCUT2D eigenvalue weighted by atomic mass is 35.5. The summed E-state index contributed by atoms with van der Waals surface area (Å²) in [5.41, 5.74) is -3.39. The third kappa shape index (κ3) is 4.51. The van der Waals surface area contributed by atoms with Crippen molar-refractivity contribution in [2.45, 2.75) is 38.6 Å². The highest BCUT2D eigenvalue weighted by Gasteiger charge is 2.58. The topological polar surface area (TPSA) is 45.1 Å². The van der Waals surface area contributed by atoms with Gasteiger partial charge >= 0.3 is 6.18 Å². The first-order valence-electron chi connectivity index (χ1n) is 8.92. The lowest BCUT2D eigenvalue weighted by atomic mass is 9.84. The molecular formula is C21H24ClF3N2O2. The monoisotopic (exact) mass is 428 g/mol. The number of halogens is 4. The maximum Gasteiger partial charge on any atom is 0.425 e. The Bertz CT molecular complexity index is 900. The molecular weight excluding hydrogens is 405 g/mol. The van der Waals surface area contributed by atoms with Crippen LogP contribution in [-0.4, -0.2) is 42.7 Å². The second kappa shape index (κ2) is 8.63. The standard InChI is InChI=1S/C21H24ClF3N2O2/c1-13(2)27(4)12-26-18-11-19(29-5)16(10-14(18)3)20(28,21(23,24)25)15-8-6-7-9-17(15)22/h6-13,28H,1-5H3/b26-12+. The van der Waals surface area contributed by atoms with E-state index in [4.69, 9.17) is 16.3 Å². The maximum absolute atomic E-state index is 14.1. The van der Waals surface area contributed by atoms with Crippen LogP contribution in [0.15, 0.2) is 41.4 Å². The molecule has 0 saturated carbocycles. The fourth-order valence-corrected chi connectivity index (χ4v) is 3.03. The molecule has 1 atom stereocenters. The van der Waals surface area contributed by atoms with Crippen molar-refractivity contribution < 1.29 is 23.0 Å². The molecule has 0 fully saturated rings. The normalized spacial score (nSPS) is 14.3. The summed E-state index contributed by atoms with van der Waals surface area (Å²) in [5, 5.41) is 10.8. The van der Waals surface area contributed by atoms with E-state index < -0.39 is 22.9 Å². The maximum atomic E-state index is 14.1. The van der Waals surface area contributed by atoms with Crippen LogP contribution in [0.1, 0.15) is 30.5 Å². The molecule has 158 valence electrons. The Balaban J connectivity index is 2.70. The highest BCUT2D eigenvalue weighted by molar-refractivity contribution is 6.31. The molecule has 2 aromatic rings. The molecule has 8 heteroatoms. The SMILES string of the molecule is COc1cc(/N=C/N(C)C(C)C)c(C)cc1C(O)(c1ccccc1Cl)C(F)(F)F. The van der Waals surface area contributed by atoms with Crippen molar-refractivity contribution >= 4 is 23.6 Å². The number of ether oxygens (including phenoxy) is 1. The average Bonchev–Trinajstić information content (AvgIpc) is 2.65. The lowest BCUT2D eigenvalue weighted by Gasteiger charge is -2.33. The molecule has 0 amide bonds. The van der Waals surface area contributed by atoms with Crippen LogP contribution in [0, 0.1) is 6.92 Å². The highest BCUT2D eigenvalue weighted by Crippen LogP contribution is 2.50. The molecule has 1 N–H and O–H groups in total. The Hall–Kier alpha value is -2.25. The number of aliphatic hydroxyl groups is 1. The van der Waals surface area contributed by atoms with E-state index in [9.17, 15) is 18.3 Å².